The summed E-state index contributed by atoms with van der Waals surface area (Å²) in [5, 5.41) is 7.89. The lowest BCUT2D eigenvalue weighted by Crippen LogP contribution is -2.27. The number of nitrogens with zero attached hydrogens (tertiary/aromatic N) is 2. The molecule has 0 aliphatic carbocycles. The molecule has 0 spiro atoms. The van der Waals surface area contributed by atoms with Gasteiger partial charge >= 0.3 is 0 Å². The fourth-order valence-electron chi connectivity index (χ4n) is 2.10. The number of ether oxygens (including phenoxy) is 1. The molecule has 0 fully saturated rings. The fraction of sp³-hybridized carbons (Fsp3) is 0.400. The van der Waals surface area contributed by atoms with Crippen molar-refractivity contribution >= 4 is 0 Å². The number of hydrogen-bond donors (Lipinski definition) is 1. The first-order chi connectivity index (χ1) is 9.29. The Labute approximate surface area is 114 Å². The van der Waals surface area contributed by atoms with Crippen LogP contribution in [0.5, 0.6) is 0 Å². The lowest BCUT2D eigenvalue weighted by Gasteiger charge is -2.18. The van der Waals surface area contributed by atoms with E-state index in [1.54, 1.807) is 7.11 Å². The molecular formula is C15H21N3O. The van der Waals surface area contributed by atoms with E-state index in [9.17, 15) is 0 Å². The van der Waals surface area contributed by atoms with Crippen LogP contribution in [0.2, 0.25) is 0 Å². The van der Waals surface area contributed by atoms with Gasteiger partial charge in [0.1, 0.15) is 0 Å². The molecular weight excluding hydrogens is 238 g/mol. The monoisotopic (exact) mass is 259 g/mol. The van der Waals surface area contributed by atoms with Crippen LogP contribution >= 0.6 is 0 Å². The first-order valence-electron chi connectivity index (χ1n) is 6.55. The van der Waals surface area contributed by atoms with E-state index in [0.717, 1.165) is 18.7 Å². The van der Waals surface area contributed by atoms with Crippen molar-refractivity contribution in [1.82, 2.24) is 15.1 Å². The van der Waals surface area contributed by atoms with Crippen LogP contribution < -0.4 is 5.32 Å². The van der Waals surface area contributed by atoms with Gasteiger partial charge in [0.15, 0.2) is 0 Å². The minimum Gasteiger partial charge on any atom is -0.383 e. The van der Waals surface area contributed by atoms with Gasteiger partial charge in [0.25, 0.3) is 0 Å². The highest BCUT2D eigenvalue weighted by Crippen LogP contribution is 2.12. The molecule has 2 aromatic rings. The molecule has 0 amide bonds. The first kappa shape index (κ1) is 13.8. The molecule has 0 aliphatic heterocycles. The van der Waals surface area contributed by atoms with Gasteiger partial charge in [0, 0.05) is 33.3 Å². The number of rotatable bonds is 7. The van der Waals surface area contributed by atoms with Crippen molar-refractivity contribution in [3.63, 3.8) is 0 Å². The zero-order valence-corrected chi connectivity index (χ0v) is 11.5. The van der Waals surface area contributed by atoms with E-state index in [-0.39, 0.29) is 6.04 Å². The van der Waals surface area contributed by atoms with Crippen LogP contribution in [-0.4, -0.2) is 30.0 Å². The van der Waals surface area contributed by atoms with Crippen LogP contribution in [0.3, 0.4) is 0 Å². The highest BCUT2D eigenvalue weighted by atomic mass is 16.5. The summed E-state index contributed by atoms with van der Waals surface area (Å²) in [7, 11) is 3.67. The minimum atomic E-state index is 0.231. The van der Waals surface area contributed by atoms with E-state index >= 15 is 0 Å². The maximum atomic E-state index is 5.28. The topological polar surface area (TPSA) is 39.1 Å². The van der Waals surface area contributed by atoms with E-state index < -0.39 is 0 Å². The van der Waals surface area contributed by atoms with Crippen molar-refractivity contribution < 1.29 is 4.74 Å². The van der Waals surface area contributed by atoms with E-state index in [1.165, 1.54) is 5.56 Å². The normalized spacial score (nSPS) is 12.5. The SMILES string of the molecule is COCC(NCCc1ccn(C)n1)c1ccccc1. The van der Waals surface area contributed by atoms with Crippen LogP contribution in [0.4, 0.5) is 0 Å². The van der Waals surface area contributed by atoms with Crippen molar-refractivity contribution in [3.05, 3.63) is 53.9 Å². The van der Waals surface area contributed by atoms with Gasteiger partial charge in [-0.05, 0) is 11.6 Å². The van der Waals surface area contributed by atoms with E-state index in [4.69, 9.17) is 4.74 Å². The Balaban J connectivity index is 1.87. The number of aryl methyl sites for hydroxylation is 1. The summed E-state index contributed by atoms with van der Waals surface area (Å²) >= 11 is 0. The predicted molar refractivity (Wildman–Crippen MR) is 76.0 cm³/mol. The Morgan fingerprint density at radius 3 is 2.68 bits per heavy atom. The van der Waals surface area contributed by atoms with Crippen LogP contribution in [0.25, 0.3) is 0 Å². The maximum absolute atomic E-state index is 5.28. The largest absolute Gasteiger partial charge is 0.383 e. The van der Waals surface area contributed by atoms with Gasteiger partial charge < -0.3 is 10.1 Å². The molecule has 0 aliphatic rings. The van der Waals surface area contributed by atoms with Crippen LogP contribution in [0.15, 0.2) is 42.6 Å². The molecule has 2 rings (SSSR count). The smallest absolute Gasteiger partial charge is 0.0657 e. The minimum absolute atomic E-state index is 0.231. The van der Waals surface area contributed by atoms with Gasteiger partial charge in [-0.2, -0.15) is 5.10 Å². The summed E-state index contributed by atoms with van der Waals surface area (Å²) in [4.78, 5) is 0. The Hall–Kier alpha value is -1.65. The molecule has 1 heterocycles. The van der Waals surface area contributed by atoms with Gasteiger partial charge in [0.05, 0.1) is 18.3 Å². The second-order valence-corrected chi connectivity index (χ2v) is 4.60. The third-order valence-corrected chi connectivity index (χ3v) is 3.08. The zero-order chi connectivity index (χ0) is 13.5. The highest BCUT2D eigenvalue weighted by molar-refractivity contribution is 5.19. The van der Waals surface area contributed by atoms with Gasteiger partial charge in [-0.25, -0.2) is 0 Å². The number of benzene rings is 1. The molecule has 4 nitrogen and oxygen atoms in total. The second-order valence-electron chi connectivity index (χ2n) is 4.60. The standard InChI is InChI=1S/C15H21N3O/c1-18-11-9-14(17-18)8-10-16-15(12-19-2)13-6-4-3-5-7-13/h3-7,9,11,15-16H,8,10,12H2,1-2H3. The van der Waals surface area contributed by atoms with Crippen molar-refractivity contribution in [2.45, 2.75) is 12.5 Å². The molecule has 1 aromatic carbocycles. The first-order valence-corrected chi connectivity index (χ1v) is 6.55. The second kappa shape index (κ2) is 7.07. The highest BCUT2D eigenvalue weighted by Gasteiger charge is 2.10. The summed E-state index contributed by atoms with van der Waals surface area (Å²) < 4.78 is 7.12. The van der Waals surface area contributed by atoms with E-state index in [0.29, 0.717) is 6.61 Å². The summed E-state index contributed by atoms with van der Waals surface area (Å²) in [6, 6.07) is 12.7. The quantitative estimate of drug-likeness (QED) is 0.826. The summed E-state index contributed by atoms with van der Waals surface area (Å²) in [6.45, 7) is 1.56. The molecule has 0 saturated carbocycles. The molecule has 102 valence electrons. The summed E-state index contributed by atoms with van der Waals surface area (Å²) in [6.07, 6.45) is 2.90. The molecule has 19 heavy (non-hydrogen) atoms. The number of nitrogens with one attached hydrogen (secondary N) is 1. The Morgan fingerprint density at radius 2 is 2.05 bits per heavy atom. The van der Waals surface area contributed by atoms with Gasteiger partial charge in [-0.15, -0.1) is 0 Å². The number of aromatic nitrogens is 2. The molecule has 0 radical (unpaired) electrons. The summed E-state index contributed by atoms with van der Waals surface area (Å²) in [5.41, 5.74) is 2.37. The maximum Gasteiger partial charge on any atom is 0.0657 e. The molecule has 1 N–H and O–H groups in total. The predicted octanol–water partition coefficient (Wildman–Crippen LogP) is 1.94. The van der Waals surface area contributed by atoms with Crippen LogP contribution in [0, 0.1) is 0 Å². The average Bonchev–Trinajstić information content (AvgIpc) is 2.84. The fourth-order valence-corrected chi connectivity index (χ4v) is 2.10. The van der Waals surface area contributed by atoms with E-state index in [2.05, 4.69) is 40.7 Å². The number of methoxy groups -OCH3 is 1. The van der Waals surface area contributed by atoms with Crippen molar-refractivity contribution in [3.8, 4) is 0 Å². The lowest BCUT2D eigenvalue weighted by molar-refractivity contribution is 0.167. The van der Waals surface area contributed by atoms with Crippen LogP contribution in [0.1, 0.15) is 17.3 Å². The Morgan fingerprint density at radius 1 is 1.26 bits per heavy atom. The third kappa shape index (κ3) is 4.19. The zero-order valence-electron chi connectivity index (χ0n) is 11.5. The molecule has 0 saturated heterocycles. The molecule has 0 bridgehead atoms. The van der Waals surface area contributed by atoms with Gasteiger partial charge in [-0.1, -0.05) is 30.3 Å². The molecule has 1 aromatic heterocycles. The van der Waals surface area contributed by atoms with E-state index in [1.807, 2.05) is 24.0 Å². The Bertz CT molecular complexity index is 481. The lowest BCUT2D eigenvalue weighted by atomic mass is 10.1. The van der Waals surface area contributed by atoms with Crippen molar-refractivity contribution in [2.24, 2.45) is 7.05 Å². The summed E-state index contributed by atoms with van der Waals surface area (Å²) in [5.74, 6) is 0. The third-order valence-electron chi connectivity index (χ3n) is 3.08. The Kier molecular flexibility index (Phi) is 5.12. The molecule has 1 unspecified atom stereocenters. The number of hydrogen-bond acceptors (Lipinski definition) is 3. The molecule has 1 atom stereocenters. The van der Waals surface area contributed by atoms with Gasteiger partial charge in [0.2, 0.25) is 0 Å². The van der Waals surface area contributed by atoms with Crippen molar-refractivity contribution in [1.29, 1.82) is 0 Å². The average molecular weight is 259 g/mol. The van der Waals surface area contributed by atoms with Crippen molar-refractivity contribution in [2.75, 3.05) is 20.3 Å². The van der Waals surface area contributed by atoms with Crippen LogP contribution in [-0.2, 0) is 18.2 Å². The van der Waals surface area contributed by atoms with Gasteiger partial charge in [-0.3, -0.25) is 4.68 Å². The molecule has 4 heteroatoms.